The van der Waals surface area contributed by atoms with Crippen molar-refractivity contribution in [1.29, 1.82) is 0 Å². The van der Waals surface area contributed by atoms with Crippen molar-refractivity contribution in [3.8, 4) is 0 Å². The minimum absolute atomic E-state index is 0.00459. The van der Waals surface area contributed by atoms with E-state index in [9.17, 15) is 14.4 Å². The molecule has 3 N–H and O–H groups in total. The molecule has 112 valence electrons. The first kappa shape index (κ1) is 15.0. The molecule has 20 heavy (non-hydrogen) atoms. The second-order valence-electron chi connectivity index (χ2n) is 5.14. The highest BCUT2D eigenvalue weighted by molar-refractivity contribution is 7.99. The minimum atomic E-state index is -1.01. The van der Waals surface area contributed by atoms with Crippen molar-refractivity contribution >= 4 is 29.7 Å². The lowest BCUT2D eigenvalue weighted by atomic mass is 10.2. The van der Waals surface area contributed by atoms with Gasteiger partial charge in [0.2, 0.25) is 5.91 Å². The van der Waals surface area contributed by atoms with E-state index in [1.165, 1.54) is 21.6 Å². The fourth-order valence-electron chi connectivity index (χ4n) is 2.74. The number of hydrogen-bond donors (Lipinski definition) is 2. The maximum Gasteiger partial charge on any atom is 0.327 e. The first-order chi connectivity index (χ1) is 9.50. The fourth-order valence-corrected chi connectivity index (χ4v) is 3.88. The van der Waals surface area contributed by atoms with Gasteiger partial charge in [-0.2, -0.15) is 0 Å². The summed E-state index contributed by atoms with van der Waals surface area (Å²) < 4.78 is 0. The molecule has 2 aliphatic rings. The molecule has 0 aromatic carbocycles. The van der Waals surface area contributed by atoms with Crippen molar-refractivity contribution in [3.05, 3.63) is 0 Å². The summed E-state index contributed by atoms with van der Waals surface area (Å²) in [6, 6.07) is -1.20. The third-order valence-corrected chi connectivity index (χ3v) is 4.76. The summed E-state index contributed by atoms with van der Waals surface area (Å²) in [5, 5.41) is 9.14. The number of urea groups is 1. The van der Waals surface area contributed by atoms with Gasteiger partial charge in [-0.15, -0.1) is 11.8 Å². The first-order valence-corrected chi connectivity index (χ1v) is 7.82. The standard InChI is InChI=1S/C12H19N3O4S/c13-10(16)5-14(8-3-1-2-4-8)12(19)15-7-20-6-9(15)11(17)18/h8-9H,1-7H2,(H2,13,16)(H,17,18). The first-order valence-electron chi connectivity index (χ1n) is 6.67. The summed E-state index contributed by atoms with van der Waals surface area (Å²) in [7, 11) is 0. The Morgan fingerprint density at radius 3 is 2.50 bits per heavy atom. The van der Waals surface area contributed by atoms with Gasteiger partial charge in [-0.1, -0.05) is 12.8 Å². The number of hydrogen-bond acceptors (Lipinski definition) is 4. The van der Waals surface area contributed by atoms with Gasteiger partial charge in [0, 0.05) is 11.8 Å². The Labute approximate surface area is 121 Å². The Bertz CT molecular complexity index is 412. The predicted molar refractivity (Wildman–Crippen MR) is 74.1 cm³/mol. The number of nitrogens with two attached hydrogens (primary N) is 1. The largest absolute Gasteiger partial charge is 0.480 e. The number of carbonyl (C=O) groups excluding carboxylic acids is 2. The summed E-state index contributed by atoms with van der Waals surface area (Å²) in [6.07, 6.45) is 3.73. The molecule has 1 aliphatic carbocycles. The Morgan fingerprint density at radius 2 is 1.95 bits per heavy atom. The van der Waals surface area contributed by atoms with Gasteiger partial charge in [-0.3, -0.25) is 4.79 Å². The lowest BCUT2D eigenvalue weighted by Crippen LogP contribution is -2.53. The van der Waals surface area contributed by atoms with Crippen LogP contribution in [-0.2, 0) is 9.59 Å². The van der Waals surface area contributed by atoms with E-state index in [0.717, 1.165) is 25.7 Å². The zero-order valence-electron chi connectivity index (χ0n) is 11.2. The van der Waals surface area contributed by atoms with Crippen LogP contribution in [0.1, 0.15) is 25.7 Å². The Kier molecular flexibility index (Phi) is 4.74. The van der Waals surface area contributed by atoms with E-state index in [0.29, 0.717) is 11.6 Å². The highest BCUT2D eigenvalue weighted by Crippen LogP contribution is 2.28. The molecule has 1 heterocycles. The van der Waals surface area contributed by atoms with E-state index < -0.39 is 17.9 Å². The molecule has 7 nitrogen and oxygen atoms in total. The number of primary amides is 1. The van der Waals surface area contributed by atoms with E-state index in [1.54, 1.807) is 0 Å². The third-order valence-electron chi connectivity index (χ3n) is 3.75. The number of amides is 3. The van der Waals surface area contributed by atoms with Crippen LogP contribution in [-0.4, -0.2) is 63.1 Å². The SMILES string of the molecule is NC(=O)CN(C(=O)N1CSCC1C(=O)O)C1CCCC1. The molecule has 1 saturated carbocycles. The second-order valence-corrected chi connectivity index (χ2v) is 6.14. The molecular weight excluding hydrogens is 282 g/mol. The Balaban J connectivity index is 2.12. The number of carboxylic acid groups (broad SMARTS) is 1. The summed E-state index contributed by atoms with van der Waals surface area (Å²) >= 11 is 1.41. The van der Waals surface area contributed by atoms with Gasteiger partial charge in [-0.05, 0) is 12.8 Å². The van der Waals surface area contributed by atoms with Crippen LogP contribution < -0.4 is 5.73 Å². The molecular formula is C12H19N3O4S. The third kappa shape index (κ3) is 3.17. The van der Waals surface area contributed by atoms with E-state index in [-0.39, 0.29) is 18.6 Å². The number of aliphatic carboxylic acids is 1. The van der Waals surface area contributed by atoms with Crippen LogP contribution in [0, 0.1) is 0 Å². The smallest absolute Gasteiger partial charge is 0.327 e. The molecule has 0 aromatic heterocycles. The molecule has 8 heteroatoms. The maximum absolute atomic E-state index is 12.6. The lowest BCUT2D eigenvalue weighted by Gasteiger charge is -2.33. The van der Waals surface area contributed by atoms with Gasteiger partial charge >= 0.3 is 12.0 Å². The van der Waals surface area contributed by atoms with Crippen molar-refractivity contribution in [2.24, 2.45) is 5.73 Å². The van der Waals surface area contributed by atoms with Crippen LogP contribution in [0.3, 0.4) is 0 Å². The molecule has 0 bridgehead atoms. The minimum Gasteiger partial charge on any atom is -0.480 e. The zero-order valence-corrected chi connectivity index (χ0v) is 12.0. The van der Waals surface area contributed by atoms with Crippen molar-refractivity contribution < 1.29 is 19.5 Å². The molecule has 3 amide bonds. The van der Waals surface area contributed by atoms with Crippen LogP contribution in [0.2, 0.25) is 0 Å². The van der Waals surface area contributed by atoms with Gasteiger partial charge in [0.05, 0.1) is 5.88 Å². The van der Waals surface area contributed by atoms with Crippen molar-refractivity contribution in [3.63, 3.8) is 0 Å². The molecule has 0 radical (unpaired) electrons. The van der Waals surface area contributed by atoms with Crippen LogP contribution in [0.4, 0.5) is 4.79 Å². The normalized spacial score (nSPS) is 23.0. The van der Waals surface area contributed by atoms with Gasteiger partial charge in [-0.25, -0.2) is 9.59 Å². The molecule has 1 saturated heterocycles. The van der Waals surface area contributed by atoms with E-state index in [2.05, 4.69) is 0 Å². The number of rotatable bonds is 4. The summed E-state index contributed by atoms with van der Waals surface area (Å²) in [4.78, 5) is 37.7. The average molecular weight is 301 g/mol. The molecule has 1 aliphatic heterocycles. The lowest BCUT2D eigenvalue weighted by molar-refractivity contribution is -0.141. The molecule has 0 aromatic rings. The second kappa shape index (κ2) is 6.34. The van der Waals surface area contributed by atoms with Crippen molar-refractivity contribution in [2.45, 2.75) is 37.8 Å². The number of carboxylic acids is 1. The predicted octanol–water partition coefficient (Wildman–Crippen LogP) is 0.296. The van der Waals surface area contributed by atoms with Crippen LogP contribution in [0.25, 0.3) is 0 Å². The van der Waals surface area contributed by atoms with Crippen molar-refractivity contribution in [2.75, 3.05) is 18.2 Å². The zero-order chi connectivity index (χ0) is 14.7. The van der Waals surface area contributed by atoms with Gasteiger partial charge < -0.3 is 20.6 Å². The molecule has 2 rings (SSSR count). The van der Waals surface area contributed by atoms with E-state index in [1.807, 2.05) is 0 Å². The van der Waals surface area contributed by atoms with Crippen LogP contribution in [0.15, 0.2) is 0 Å². The maximum atomic E-state index is 12.6. The molecule has 0 spiro atoms. The highest BCUT2D eigenvalue weighted by Gasteiger charge is 2.39. The Morgan fingerprint density at radius 1 is 1.30 bits per heavy atom. The van der Waals surface area contributed by atoms with E-state index >= 15 is 0 Å². The number of nitrogens with zero attached hydrogens (tertiary/aromatic N) is 2. The molecule has 1 unspecified atom stereocenters. The van der Waals surface area contributed by atoms with Gasteiger partial charge in [0.25, 0.3) is 0 Å². The van der Waals surface area contributed by atoms with Crippen LogP contribution >= 0.6 is 11.8 Å². The number of thioether (sulfide) groups is 1. The monoisotopic (exact) mass is 301 g/mol. The number of carbonyl (C=O) groups is 3. The topological polar surface area (TPSA) is 104 Å². The summed E-state index contributed by atoms with van der Waals surface area (Å²) in [5.41, 5.74) is 5.22. The molecule has 1 atom stereocenters. The fraction of sp³-hybridized carbons (Fsp3) is 0.750. The van der Waals surface area contributed by atoms with Gasteiger partial charge in [0.1, 0.15) is 12.6 Å². The summed E-state index contributed by atoms with van der Waals surface area (Å²) in [5.74, 6) is -0.841. The van der Waals surface area contributed by atoms with Crippen LogP contribution in [0.5, 0.6) is 0 Å². The van der Waals surface area contributed by atoms with Gasteiger partial charge in [0.15, 0.2) is 0 Å². The quantitative estimate of drug-likeness (QED) is 0.777. The van der Waals surface area contributed by atoms with E-state index in [4.69, 9.17) is 10.8 Å². The van der Waals surface area contributed by atoms with Crippen molar-refractivity contribution in [1.82, 2.24) is 9.80 Å². The summed E-state index contributed by atoms with van der Waals surface area (Å²) in [6.45, 7) is -0.142. The average Bonchev–Trinajstić information content (AvgIpc) is 3.05. The Hall–Kier alpha value is -1.44. The highest BCUT2D eigenvalue weighted by atomic mass is 32.2. The molecule has 2 fully saturated rings.